The Bertz CT molecular complexity index is 736. The third-order valence-corrected chi connectivity index (χ3v) is 5.21. The van der Waals surface area contributed by atoms with E-state index in [9.17, 15) is 15.3 Å². The highest BCUT2D eigenvalue weighted by Crippen LogP contribution is 2.67. The number of aryl methyl sites for hydroxylation is 1. The molecule has 2 aromatic heterocycles. The minimum absolute atomic E-state index is 0.0129. The summed E-state index contributed by atoms with van der Waals surface area (Å²) >= 11 is 5.91. The molecule has 2 saturated carbocycles. The summed E-state index contributed by atoms with van der Waals surface area (Å²) in [5, 5.41) is 30.2. The third kappa shape index (κ3) is 1.57. The molecular formula is C13H15ClN4O3. The number of aliphatic hydroxyl groups is 3. The summed E-state index contributed by atoms with van der Waals surface area (Å²) < 4.78 is 1.75. The number of hydrogen-bond acceptors (Lipinski definition) is 6. The van der Waals surface area contributed by atoms with Crippen LogP contribution in [0.5, 0.6) is 0 Å². The molecule has 112 valence electrons. The highest BCUT2D eigenvalue weighted by atomic mass is 35.5. The van der Waals surface area contributed by atoms with Crippen molar-refractivity contribution in [1.82, 2.24) is 19.5 Å². The zero-order chi connectivity index (χ0) is 14.9. The Morgan fingerprint density at radius 3 is 2.86 bits per heavy atom. The van der Waals surface area contributed by atoms with E-state index < -0.39 is 17.6 Å². The van der Waals surface area contributed by atoms with Gasteiger partial charge in [0.25, 0.3) is 0 Å². The van der Waals surface area contributed by atoms with Gasteiger partial charge in [0.2, 0.25) is 5.28 Å². The highest BCUT2D eigenvalue weighted by molar-refractivity contribution is 6.28. The lowest BCUT2D eigenvalue weighted by Crippen LogP contribution is -2.35. The van der Waals surface area contributed by atoms with Crippen molar-refractivity contribution in [3.8, 4) is 0 Å². The second-order valence-electron chi connectivity index (χ2n) is 6.03. The number of fused-ring (bicyclic) bond motifs is 2. The van der Waals surface area contributed by atoms with Crippen molar-refractivity contribution in [3.63, 3.8) is 0 Å². The summed E-state index contributed by atoms with van der Waals surface area (Å²) in [7, 11) is 0. The van der Waals surface area contributed by atoms with Crippen molar-refractivity contribution >= 4 is 22.8 Å². The van der Waals surface area contributed by atoms with Gasteiger partial charge in [-0.1, -0.05) is 0 Å². The SMILES string of the molecule is Cc1nc(Cl)nc2c1ncn2C1C(O)C(O)C2(CO)CC12. The Balaban J connectivity index is 1.85. The monoisotopic (exact) mass is 310 g/mol. The molecule has 0 spiro atoms. The summed E-state index contributed by atoms with van der Waals surface area (Å²) in [6.07, 6.45) is 0.384. The minimum atomic E-state index is -0.956. The predicted octanol–water partition coefficient (Wildman–Crippen LogP) is 0.0632. The van der Waals surface area contributed by atoms with Crippen LogP contribution in [0.4, 0.5) is 0 Å². The van der Waals surface area contributed by atoms with E-state index in [1.54, 1.807) is 17.8 Å². The zero-order valence-electron chi connectivity index (χ0n) is 11.3. The van der Waals surface area contributed by atoms with E-state index in [1.807, 2.05) is 0 Å². The molecule has 8 heteroatoms. The van der Waals surface area contributed by atoms with Gasteiger partial charge >= 0.3 is 0 Å². The van der Waals surface area contributed by atoms with E-state index in [2.05, 4.69) is 15.0 Å². The molecule has 0 saturated heterocycles. The molecule has 2 fully saturated rings. The second kappa shape index (κ2) is 4.13. The van der Waals surface area contributed by atoms with Crippen LogP contribution >= 0.6 is 11.6 Å². The van der Waals surface area contributed by atoms with Gasteiger partial charge in [-0.2, -0.15) is 4.98 Å². The molecule has 5 unspecified atom stereocenters. The van der Waals surface area contributed by atoms with Crippen LogP contribution in [0.1, 0.15) is 18.2 Å². The first-order chi connectivity index (χ1) is 9.99. The largest absolute Gasteiger partial charge is 0.396 e. The molecule has 4 rings (SSSR count). The standard InChI is InChI=1S/C13H15ClN4O3/c1-5-7-11(17-12(14)16-5)18(4-15-7)8-6-2-13(6,3-19)10(21)9(8)20/h4,6,8-10,19-21H,2-3H2,1H3. The number of aromatic nitrogens is 4. The first kappa shape index (κ1) is 13.4. The summed E-state index contributed by atoms with van der Waals surface area (Å²) in [6.45, 7) is 1.66. The van der Waals surface area contributed by atoms with Crippen LogP contribution in [0.15, 0.2) is 6.33 Å². The molecule has 0 aromatic carbocycles. The Morgan fingerprint density at radius 2 is 2.19 bits per heavy atom. The lowest BCUT2D eigenvalue weighted by atomic mass is 10.0. The number of rotatable bonds is 2. The molecule has 2 aliphatic rings. The molecule has 2 heterocycles. The number of aliphatic hydroxyl groups excluding tert-OH is 3. The number of halogens is 1. The van der Waals surface area contributed by atoms with Gasteiger partial charge in [-0.3, -0.25) is 0 Å². The van der Waals surface area contributed by atoms with Gasteiger partial charge < -0.3 is 19.9 Å². The third-order valence-electron chi connectivity index (χ3n) is 5.04. The average molecular weight is 311 g/mol. The molecule has 3 N–H and O–H groups in total. The Hall–Kier alpha value is -1.28. The van der Waals surface area contributed by atoms with Crippen molar-refractivity contribution in [2.75, 3.05) is 6.61 Å². The van der Waals surface area contributed by atoms with E-state index in [0.29, 0.717) is 23.3 Å². The number of imidazole rings is 1. The van der Waals surface area contributed by atoms with E-state index in [1.165, 1.54) is 0 Å². The van der Waals surface area contributed by atoms with Crippen LogP contribution in [0, 0.1) is 18.3 Å². The van der Waals surface area contributed by atoms with Crippen LogP contribution in [0.25, 0.3) is 11.2 Å². The van der Waals surface area contributed by atoms with Crippen LogP contribution in [0.2, 0.25) is 5.28 Å². The maximum Gasteiger partial charge on any atom is 0.224 e. The molecule has 0 aliphatic heterocycles. The van der Waals surface area contributed by atoms with Gasteiger partial charge in [0.05, 0.1) is 30.8 Å². The van der Waals surface area contributed by atoms with Crippen molar-refractivity contribution in [1.29, 1.82) is 0 Å². The molecule has 7 nitrogen and oxygen atoms in total. The fourth-order valence-corrected chi connectivity index (χ4v) is 4.00. The van der Waals surface area contributed by atoms with Crippen LogP contribution < -0.4 is 0 Å². The number of nitrogens with zero attached hydrogens (tertiary/aromatic N) is 4. The lowest BCUT2D eigenvalue weighted by molar-refractivity contribution is -0.0300. The van der Waals surface area contributed by atoms with Crippen molar-refractivity contribution in [3.05, 3.63) is 17.3 Å². The fourth-order valence-electron chi connectivity index (χ4n) is 3.79. The maximum absolute atomic E-state index is 10.3. The van der Waals surface area contributed by atoms with Crippen molar-refractivity contribution in [2.45, 2.75) is 31.6 Å². The zero-order valence-corrected chi connectivity index (χ0v) is 12.1. The minimum Gasteiger partial charge on any atom is -0.396 e. The Labute approximate surface area is 125 Å². The number of hydrogen-bond donors (Lipinski definition) is 3. The van der Waals surface area contributed by atoms with Gasteiger partial charge in [0, 0.05) is 5.41 Å². The van der Waals surface area contributed by atoms with Crippen LogP contribution in [0.3, 0.4) is 0 Å². The van der Waals surface area contributed by atoms with Crippen LogP contribution in [-0.2, 0) is 0 Å². The first-order valence-corrected chi connectivity index (χ1v) is 7.21. The lowest BCUT2D eigenvalue weighted by Gasteiger charge is -2.23. The topological polar surface area (TPSA) is 104 Å². The average Bonchev–Trinajstić information content (AvgIpc) is 2.97. The normalized spacial score (nSPS) is 38.0. The van der Waals surface area contributed by atoms with Gasteiger partial charge in [-0.25, -0.2) is 9.97 Å². The van der Waals surface area contributed by atoms with E-state index in [4.69, 9.17) is 11.6 Å². The molecule has 0 amide bonds. The van der Waals surface area contributed by atoms with Gasteiger partial charge in [0.15, 0.2) is 5.65 Å². The van der Waals surface area contributed by atoms with Crippen molar-refractivity contribution in [2.24, 2.45) is 11.3 Å². The smallest absolute Gasteiger partial charge is 0.224 e. The summed E-state index contributed by atoms with van der Waals surface area (Å²) in [6, 6.07) is -0.359. The van der Waals surface area contributed by atoms with E-state index in [-0.39, 0.29) is 23.9 Å². The quantitative estimate of drug-likeness (QED) is 0.678. The fraction of sp³-hybridized carbons (Fsp3) is 0.615. The summed E-state index contributed by atoms with van der Waals surface area (Å²) in [4.78, 5) is 12.6. The van der Waals surface area contributed by atoms with E-state index >= 15 is 0 Å². The van der Waals surface area contributed by atoms with Crippen LogP contribution in [-0.4, -0.2) is 53.7 Å². The molecule has 0 bridgehead atoms. The molecule has 5 atom stereocenters. The molecule has 21 heavy (non-hydrogen) atoms. The molecule has 2 aliphatic carbocycles. The van der Waals surface area contributed by atoms with Crippen molar-refractivity contribution < 1.29 is 15.3 Å². The Morgan fingerprint density at radius 1 is 1.43 bits per heavy atom. The highest BCUT2D eigenvalue weighted by Gasteiger charge is 2.71. The second-order valence-corrected chi connectivity index (χ2v) is 6.37. The summed E-state index contributed by atoms with van der Waals surface area (Å²) in [5.74, 6) is 0.0129. The van der Waals surface area contributed by atoms with E-state index in [0.717, 1.165) is 0 Å². The first-order valence-electron chi connectivity index (χ1n) is 6.83. The molecule has 0 radical (unpaired) electrons. The van der Waals surface area contributed by atoms with Gasteiger partial charge in [-0.05, 0) is 30.9 Å². The summed E-state index contributed by atoms with van der Waals surface area (Å²) in [5.41, 5.74) is 1.25. The molecule has 2 aromatic rings. The Kier molecular flexibility index (Phi) is 2.63. The van der Waals surface area contributed by atoms with Gasteiger partial charge in [0.1, 0.15) is 11.6 Å². The predicted molar refractivity (Wildman–Crippen MR) is 73.7 cm³/mol. The maximum atomic E-state index is 10.3. The molecular weight excluding hydrogens is 296 g/mol. The van der Waals surface area contributed by atoms with Gasteiger partial charge in [-0.15, -0.1) is 0 Å².